The van der Waals surface area contributed by atoms with Gasteiger partial charge in [0.1, 0.15) is 0 Å². The van der Waals surface area contributed by atoms with E-state index in [0.717, 1.165) is 19.3 Å². The predicted molar refractivity (Wildman–Crippen MR) is 45.2 cm³/mol. The molecule has 0 aromatic carbocycles. The van der Waals surface area contributed by atoms with Crippen molar-refractivity contribution in [2.24, 2.45) is 5.41 Å². The van der Waals surface area contributed by atoms with Crippen LogP contribution < -0.4 is 5.32 Å². The van der Waals surface area contributed by atoms with Gasteiger partial charge in [0.2, 0.25) is 5.91 Å². The van der Waals surface area contributed by atoms with Crippen molar-refractivity contribution in [3.63, 3.8) is 0 Å². The predicted octanol–water partition coefficient (Wildman–Crippen LogP) is 1.70. The molecule has 64 valence electrons. The summed E-state index contributed by atoms with van der Waals surface area (Å²) < 4.78 is 0. The molecule has 1 saturated heterocycles. The highest BCUT2D eigenvalue weighted by atomic mass is 16.2. The van der Waals surface area contributed by atoms with Gasteiger partial charge >= 0.3 is 0 Å². The molecule has 1 aliphatic heterocycles. The molecule has 1 heterocycles. The Morgan fingerprint density at radius 2 is 2.18 bits per heavy atom. The molecule has 0 aromatic rings. The normalized spacial score (nSPS) is 30.8. The number of carbonyl (C=O) groups is 1. The van der Waals surface area contributed by atoms with Crippen LogP contribution in [0.3, 0.4) is 0 Å². The van der Waals surface area contributed by atoms with Gasteiger partial charge in [-0.05, 0) is 19.8 Å². The standard InChI is InChI=1S/C9H17NO/c1-7-5-4-6-9(2,3)8(11)10-7/h7H,4-6H2,1-3H3,(H,10,11). The second kappa shape index (κ2) is 2.84. The van der Waals surface area contributed by atoms with E-state index in [1.165, 1.54) is 0 Å². The zero-order chi connectivity index (χ0) is 8.48. The van der Waals surface area contributed by atoms with Gasteiger partial charge in [0, 0.05) is 11.5 Å². The molecule has 0 aromatic heterocycles. The van der Waals surface area contributed by atoms with Gasteiger partial charge < -0.3 is 5.32 Å². The summed E-state index contributed by atoms with van der Waals surface area (Å²) in [6.07, 6.45) is 3.30. The number of hydrogen-bond donors (Lipinski definition) is 1. The molecular formula is C9H17NO. The van der Waals surface area contributed by atoms with E-state index >= 15 is 0 Å². The highest BCUT2D eigenvalue weighted by Crippen LogP contribution is 2.26. The Kier molecular flexibility index (Phi) is 2.21. The largest absolute Gasteiger partial charge is 0.353 e. The van der Waals surface area contributed by atoms with Gasteiger partial charge in [-0.2, -0.15) is 0 Å². The fourth-order valence-electron chi connectivity index (χ4n) is 1.46. The Bertz CT molecular complexity index is 163. The first-order valence-electron chi connectivity index (χ1n) is 4.33. The van der Waals surface area contributed by atoms with Crippen LogP contribution in [0.25, 0.3) is 0 Å². The van der Waals surface area contributed by atoms with Gasteiger partial charge in [-0.15, -0.1) is 0 Å². The Balaban J connectivity index is 2.66. The van der Waals surface area contributed by atoms with Crippen LogP contribution in [-0.2, 0) is 4.79 Å². The summed E-state index contributed by atoms with van der Waals surface area (Å²) >= 11 is 0. The zero-order valence-corrected chi connectivity index (χ0v) is 7.61. The van der Waals surface area contributed by atoms with E-state index in [2.05, 4.69) is 12.2 Å². The minimum atomic E-state index is -0.148. The molecule has 1 N–H and O–H groups in total. The van der Waals surface area contributed by atoms with Crippen LogP contribution in [0.2, 0.25) is 0 Å². The molecule has 1 aliphatic rings. The van der Waals surface area contributed by atoms with Crippen molar-refractivity contribution >= 4 is 5.91 Å². The summed E-state index contributed by atoms with van der Waals surface area (Å²) in [4.78, 5) is 11.4. The van der Waals surface area contributed by atoms with Gasteiger partial charge in [0.25, 0.3) is 0 Å². The summed E-state index contributed by atoms with van der Waals surface area (Å²) in [6.45, 7) is 6.10. The summed E-state index contributed by atoms with van der Waals surface area (Å²) in [5.74, 6) is 0.211. The first-order valence-corrected chi connectivity index (χ1v) is 4.33. The van der Waals surface area contributed by atoms with E-state index in [1.54, 1.807) is 0 Å². The van der Waals surface area contributed by atoms with E-state index in [-0.39, 0.29) is 11.3 Å². The van der Waals surface area contributed by atoms with Crippen LogP contribution in [0.1, 0.15) is 40.0 Å². The van der Waals surface area contributed by atoms with Crippen molar-refractivity contribution < 1.29 is 4.79 Å². The van der Waals surface area contributed by atoms with E-state index in [0.29, 0.717) is 6.04 Å². The molecule has 1 atom stereocenters. The third kappa shape index (κ3) is 1.95. The quantitative estimate of drug-likeness (QED) is 0.567. The molecule has 2 nitrogen and oxygen atoms in total. The van der Waals surface area contributed by atoms with Crippen LogP contribution in [0.4, 0.5) is 0 Å². The summed E-state index contributed by atoms with van der Waals surface area (Å²) in [5.41, 5.74) is -0.148. The Labute approximate surface area is 68.4 Å². The van der Waals surface area contributed by atoms with Crippen molar-refractivity contribution in [2.75, 3.05) is 0 Å². The molecule has 0 bridgehead atoms. The van der Waals surface area contributed by atoms with Crippen LogP contribution in [0, 0.1) is 5.41 Å². The Morgan fingerprint density at radius 3 is 2.82 bits per heavy atom. The number of rotatable bonds is 0. The molecule has 0 spiro atoms. The van der Waals surface area contributed by atoms with Crippen molar-refractivity contribution in [1.29, 1.82) is 0 Å². The highest BCUT2D eigenvalue weighted by Gasteiger charge is 2.30. The second-order valence-corrected chi connectivity index (χ2v) is 4.15. The van der Waals surface area contributed by atoms with Crippen molar-refractivity contribution in [3.8, 4) is 0 Å². The fraction of sp³-hybridized carbons (Fsp3) is 0.889. The van der Waals surface area contributed by atoms with E-state index in [4.69, 9.17) is 0 Å². The van der Waals surface area contributed by atoms with Crippen molar-refractivity contribution in [2.45, 2.75) is 46.1 Å². The van der Waals surface area contributed by atoms with Crippen LogP contribution in [0.5, 0.6) is 0 Å². The van der Waals surface area contributed by atoms with Crippen LogP contribution in [-0.4, -0.2) is 11.9 Å². The average molecular weight is 155 g/mol. The van der Waals surface area contributed by atoms with Gasteiger partial charge in [0.05, 0.1) is 0 Å². The third-order valence-corrected chi connectivity index (χ3v) is 2.43. The first-order chi connectivity index (χ1) is 5.02. The number of amides is 1. The fourth-order valence-corrected chi connectivity index (χ4v) is 1.46. The van der Waals surface area contributed by atoms with E-state index < -0.39 is 0 Å². The maximum absolute atomic E-state index is 11.4. The van der Waals surface area contributed by atoms with Gasteiger partial charge in [0.15, 0.2) is 0 Å². The zero-order valence-electron chi connectivity index (χ0n) is 7.61. The minimum absolute atomic E-state index is 0.148. The number of hydrogen-bond acceptors (Lipinski definition) is 1. The molecular weight excluding hydrogens is 138 g/mol. The lowest BCUT2D eigenvalue weighted by molar-refractivity contribution is -0.129. The lowest BCUT2D eigenvalue weighted by Crippen LogP contribution is -2.38. The number of carbonyl (C=O) groups excluding carboxylic acids is 1. The average Bonchev–Trinajstić information content (AvgIpc) is 1.94. The maximum Gasteiger partial charge on any atom is 0.225 e. The molecule has 0 radical (unpaired) electrons. The van der Waals surface area contributed by atoms with E-state index in [9.17, 15) is 4.79 Å². The molecule has 2 heteroatoms. The molecule has 11 heavy (non-hydrogen) atoms. The molecule has 1 amide bonds. The molecule has 0 aliphatic carbocycles. The maximum atomic E-state index is 11.4. The Morgan fingerprint density at radius 1 is 1.55 bits per heavy atom. The SMILES string of the molecule is CC1CCCC(C)(C)C(=O)N1. The summed E-state index contributed by atoms with van der Waals surface area (Å²) in [6, 6.07) is 0.365. The summed E-state index contributed by atoms with van der Waals surface area (Å²) in [7, 11) is 0. The monoisotopic (exact) mass is 155 g/mol. The summed E-state index contributed by atoms with van der Waals surface area (Å²) in [5, 5.41) is 2.99. The topological polar surface area (TPSA) is 29.1 Å². The second-order valence-electron chi connectivity index (χ2n) is 4.15. The molecule has 1 unspecified atom stereocenters. The Hall–Kier alpha value is -0.530. The highest BCUT2D eigenvalue weighted by molar-refractivity contribution is 5.82. The lowest BCUT2D eigenvalue weighted by atomic mass is 9.87. The molecule has 1 fully saturated rings. The van der Waals surface area contributed by atoms with Crippen molar-refractivity contribution in [1.82, 2.24) is 5.32 Å². The van der Waals surface area contributed by atoms with Gasteiger partial charge in [-0.1, -0.05) is 20.3 Å². The molecule has 1 rings (SSSR count). The first kappa shape index (κ1) is 8.57. The van der Waals surface area contributed by atoms with Gasteiger partial charge in [-0.25, -0.2) is 0 Å². The number of nitrogens with one attached hydrogen (secondary N) is 1. The van der Waals surface area contributed by atoms with E-state index in [1.807, 2.05) is 13.8 Å². The van der Waals surface area contributed by atoms with Crippen LogP contribution >= 0.6 is 0 Å². The smallest absolute Gasteiger partial charge is 0.225 e. The van der Waals surface area contributed by atoms with Gasteiger partial charge in [-0.3, -0.25) is 4.79 Å². The van der Waals surface area contributed by atoms with Crippen LogP contribution in [0.15, 0.2) is 0 Å². The minimum Gasteiger partial charge on any atom is -0.353 e. The van der Waals surface area contributed by atoms with Crippen molar-refractivity contribution in [3.05, 3.63) is 0 Å². The third-order valence-electron chi connectivity index (χ3n) is 2.43. The lowest BCUT2D eigenvalue weighted by Gasteiger charge is -2.20. The molecule has 0 saturated carbocycles.